The van der Waals surface area contributed by atoms with Crippen LogP contribution in [0.4, 0.5) is 0 Å². The van der Waals surface area contributed by atoms with E-state index in [4.69, 9.17) is 4.74 Å². The van der Waals surface area contributed by atoms with Crippen molar-refractivity contribution >= 4 is 5.78 Å². The molecule has 0 amide bonds. The third-order valence-corrected chi connectivity index (χ3v) is 14.9. The number of phenols is 3. The number of carbonyl (C=O) groups excluding carboxylic acids is 1. The molecule has 3 aromatic rings. The number of ether oxygens (including phenoxy) is 1. The molecular formula is C46H52N2O7. The van der Waals surface area contributed by atoms with Gasteiger partial charge in [0.25, 0.3) is 0 Å². The molecule has 10 atom stereocenters. The highest BCUT2D eigenvalue weighted by Crippen LogP contribution is 2.77. The summed E-state index contributed by atoms with van der Waals surface area (Å²) in [5, 5.41) is 64.6. The lowest BCUT2D eigenvalue weighted by atomic mass is 9.27. The van der Waals surface area contributed by atoms with Crippen LogP contribution in [0.1, 0.15) is 84.6 Å². The molecule has 55 heavy (non-hydrogen) atoms. The number of carbonyl (C=O) groups is 1. The highest BCUT2D eigenvalue weighted by Gasteiger charge is 2.80. The topological polar surface area (TPSA) is 152 Å². The van der Waals surface area contributed by atoms with Crippen molar-refractivity contribution in [3.8, 4) is 34.8 Å². The first-order chi connectivity index (χ1) is 26.5. The van der Waals surface area contributed by atoms with E-state index >= 15 is 0 Å². The number of aliphatic hydroxyl groups is 2. The summed E-state index contributed by atoms with van der Waals surface area (Å²) in [7, 11) is 3.43. The second-order valence-corrected chi connectivity index (χ2v) is 17.4. The number of aliphatic hydroxyl groups excluding tert-OH is 1. The van der Waals surface area contributed by atoms with Gasteiger partial charge in [-0.15, -0.1) is 0 Å². The van der Waals surface area contributed by atoms with E-state index in [2.05, 4.69) is 46.8 Å². The molecule has 1 spiro atoms. The molecule has 5 bridgehead atoms. The Bertz CT molecular complexity index is 2130. The Kier molecular flexibility index (Phi) is 8.67. The molecule has 0 aromatic heterocycles. The predicted molar refractivity (Wildman–Crippen MR) is 208 cm³/mol. The summed E-state index contributed by atoms with van der Waals surface area (Å²) in [4.78, 5) is 14.9. The number of methoxy groups -OCH3 is 1. The van der Waals surface area contributed by atoms with Gasteiger partial charge in [-0.05, 0) is 103 Å². The van der Waals surface area contributed by atoms with Gasteiger partial charge in [-0.25, -0.2) is 0 Å². The van der Waals surface area contributed by atoms with E-state index in [9.17, 15) is 30.3 Å². The van der Waals surface area contributed by atoms with Gasteiger partial charge >= 0.3 is 0 Å². The van der Waals surface area contributed by atoms with Gasteiger partial charge in [0.2, 0.25) is 0 Å². The van der Waals surface area contributed by atoms with E-state index in [1.165, 1.54) is 13.2 Å². The fraction of sp³-hybridized carbons (Fsp3) is 0.500. The van der Waals surface area contributed by atoms with E-state index < -0.39 is 28.4 Å². The SMILES string of the molecule is CNCC1CC23C=CC4CC5(O)CC(=O)CC(c6cc(OC)c(O)cc6CO)C(Cc6ccccc6)C#CC6CNC4(CCC2)C3(c2cc(O)c(O)cc21)C65. The van der Waals surface area contributed by atoms with Crippen molar-refractivity contribution in [3.63, 3.8) is 0 Å². The van der Waals surface area contributed by atoms with Crippen molar-refractivity contribution in [1.29, 1.82) is 0 Å². The number of rotatable bonds is 7. The van der Waals surface area contributed by atoms with Crippen molar-refractivity contribution in [2.24, 2.45) is 29.1 Å². The molecule has 9 rings (SSSR count). The number of piperidine rings is 1. The number of fused-ring (bicyclic) bond motifs is 1. The first-order valence-electron chi connectivity index (χ1n) is 20.0. The van der Waals surface area contributed by atoms with E-state index in [-0.39, 0.29) is 77.3 Å². The van der Waals surface area contributed by atoms with Gasteiger partial charge in [0.1, 0.15) is 5.78 Å². The average Bonchev–Trinajstić information content (AvgIpc) is 3.16. The van der Waals surface area contributed by atoms with Crippen molar-refractivity contribution in [2.75, 3.05) is 27.2 Å². The molecule has 1 saturated heterocycles. The molecule has 5 aliphatic carbocycles. The number of aromatic hydroxyl groups is 3. The number of benzene rings is 3. The zero-order valence-corrected chi connectivity index (χ0v) is 31.6. The fourth-order valence-electron chi connectivity index (χ4n) is 13.2. The summed E-state index contributed by atoms with van der Waals surface area (Å²) in [5.41, 5.74) is 1.30. The van der Waals surface area contributed by atoms with Crippen LogP contribution < -0.4 is 15.4 Å². The monoisotopic (exact) mass is 744 g/mol. The Labute approximate surface area is 322 Å². The van der Waals surface area contributed by atoms with Gasteiger partial charge in [-0.3, -0.25) is 4.79 Å². The van der Waals surface area contributed by atoms with Crippen LogP contribution in [0.3, 0.4) is 0 Å². The molecule has 9 heteroatoms. The smallest absolute Gasteiger partial charge is 0.160 e. The summed E-state index contributed by atoms with van der Waals surface area (Å²) in [6.07, 6.45) is 9.40. The maximum absolute atomic E-state index is 14.9. The zero-order chi connectivity index (χ0) is 38.3. The Balaban J connectivity index is 1.29. The zero-order valence-electron chi connectivity index (χ0n) is 31.6. The second-order valence-electron chi connectivity index (χ2n) is 17.4. The molecule has 9 nitrogen and oxygen atoms in total. The number of nitrogens with one attached hydrogen (secondary N) is 2. The Hall–Kier alpha value is -4.33. The van der Waals surface area contributed by atoms with E-state index in [1.54, 1.807) is 18.2 Å². The van der Waals surface area contributed by atoms with Crippen LogP contribution in [-0.4, -0.2) is 69.7 Å². The molecule has 1 heterocycles. The molecule has 6 aliphatic rings. The van der Waals surface area contributed by atoms with Gasteiger partial charge in [-0.1, -0.05) is 60.7 Å². The lowest BCUT2D eigenvalue weighted by molar-refractivity contribution is -0.231. The minimum atomic E-state index is -1.41. The van der Waals surface area contributed by atoms with Crippen LogP contribution in [0.2, 0.25) is 0 Å². The standard InChI is InChI=1S/C46H52N2O7/c1-47-24-31-21-43-12-6-13-45-32(11-14-43)22-44(54)23-33(50)17-34(35-19-41(55-2)40(53)16-30(35)26-49)28(15-27-7-4-3-5-8-27)9-10-29(25-48-45)42(44)46(43,45)37-20-39(52)38(51)18-36(31)37/h3-5,7-8,11,14,16,18-20,28-29,31-32,34,42,47-49,51-54H,6,12-13,15,17,21-26H2,1-2H3. The van der Waals surface area contributed by atoms with Gasteiger partial charge < -0.3 is 40.9 Å². The first kappa shape index (κ1) is 36.3. The molecule has 288 valence electrons. The molecule has 7 N–H and O–H groups in total. The summed E-state index contributed by atoms with van der Waals surface area (Å²) >= 11 is 0. The average molecular weight is 745 g/mol. The number of hydrogen-bond acceptors (Lipinski definition) is 9. The number of phenolic OH excluding ortho intramolecular Hbond substituents is 3. The van der Waals surface area contributed by atoms with Crippen LogP contribution in [0.15, 0.2) is 66.7 Å². The Morgan fingerprint density at radius 1 is 0.982 bits per heavy atom. The van der Waals surface area contributed by atoms with E-state index in [1.807, 2.05) is 25.2 Å². The summed E-state index contributed by atoms with van der Waals surface area (Å²) < 4.78 is 5.53. The maximum atomic E-state index is 14.9. The first-order valence-corrected chi connectivity index (χ1v) is 20.0. The minimum absolute atomic E-state index is 0.0499. The highest BCUT2D eigenvalue weighted by molar-refractivity contribution is 5.81. The lowest BCUT2D eigenvalue weighted by Gasteiger charge is -2.79. The van der Waals surface area contributed by atoms with E-state index in [0.29, 0.717) is 37.1 Å². The van der Waals surface area contributed by atoms with Gasteiger partial charge in [0.15, 0.2) is 23.0 Å². The number of allylic oxidation sites excluding steroid dienone is 1. The van der Waals surface area contributed by atoms with Crippen LogP contribution in [0, 0.1) is 40.9 Å². The predicted octanol–water partition coefficient (Wildman–Crippen LogP) is 5.32. The van der Waals surface area contributed by atoms with Crippen LogP contribution >= 0.6 is 0 Å². The molecule has 0 radical (unpaired) electrons. The van der Waals surface area contributed by atoms with Crippen molar-refractivity contribution in [3.05, 3.63) is 94.6 Å². The van der Waals surface area contributed by atoms with Crippen molar-refractivity contribution in [1.82, 2.24) is 10.6 Å². The third-order valence-electron chi connectivity index (χ3n) is 14.9. The summed E-state index contributed by atoms with van der Waals surface area (Å²) in [6, 6.07) is 16.9. The van der Waals surface area contributed by atoms with Gasteiger partial charge in [-0.2, -0.15) is 0 Å². The third kappa shape index (κ3) is 5.11. The van der Waals surface area contributed by atoms with Crippen LogP contribution in [-0.2, 0) is 23.2 Å². The Morgan fingerprint density at radius 2 is 1.78 bits per heavy atom. The van der Waals surface area contributed by atoms with E-state index in [0.717, 1.165) is 42.4 Å². The van der Waals surface area contributed by atoms with Crippen molar-refractivity contribution in [2.45, 2.75) is 86.4 Å². The summed E-state index contributed by atoms with van der Waals surface area (Å²) in [5.74, 6) is 5.72. The van der Waals surface area contributed by atoms with Crippen molar-refractivity contribution < 1.29 is 35.1 Å². The van der Waals surface area contributed by atoms with Gasteiger partial charge in [0.05, 0.1) is 19.3 Å². The maximum Gasteiger partial charge on any atom is 0.160 e. The quantitative estimate of drug-likeness (QED) is 0.0969. The highest BCUT2D eigenvalue weighted by atomic mass is 16.5. The molecule has 3 aromatic carbocycles. The number of hydrogen-bond donors (Lipinski definition) is 7. The molecule has 1 aliphatic heterocycles. The number of likely N-dealkylation sites (N-methyl/N-ethyl adjacent to an activating group) is 1. The number of Topliss-reactive ketones (excluding diaryl/α,β-unsaturated/α-hetero) is 1. The normalized spacial score (nSPS) is 36.8. The molecule has 10 unspecified atom stereocenters. The lowest BCUT2D eigenvalue weighted by Crippen LogP contribution is -2.86. The Morgan fingerprint density at radius 3 is 2.55 bits per heavy atom. The second kappa shape index (κ2) is 13.1. The van der Waals surface area contributed by atoms with Crippen LogP contribution in [0.5, 0.6) is 23.0 Å². The summed E-state index contributed by atoms with van der Waals surface area (Å²) in [6.45, 7) is 0.913. The largest absolute Gasteiger partial charge is 0.504 e. The van der Waals surface area contributed by atoms with Crippen LogP contribution in [0.25, 0.3) is 0 Å². The van der Waals surface area contributed by atoms with Gasteiger partial charge in [0, 0.05) is 66.0 Å². The number of ketones is 1. The molecule has 2 saturated carbocycles. The fourth-order valence-corrected chi connectivity index (χ4v) is 13.2. The minimum Gasteiger partial charge on any atom is -0.504 e. The molecule has 3 fully saturated rings. The molecular weight excluding hydrogens is 693 g/mol.